The lowest BCUT2D eigenvalue weighted by atomic mass is 9.81. The molecular weight excluding hydrogens is 160 g/mol. The van der Waals surface area contributed by atoms with Gasteiger partial charge in [0, 0.05) is 5.92 Å². The average molecular weight is 168 g/mol. The largest absolute Gasteiger partial charge is 0.465 e. The van der Waals surface area contributed by atoms with Crippen LogP contribution in [-0.4, -0.2) is 37.0 Å². The topological polar surface area (TPSA) is 48.1 Å². The van der Waals surface area contributed by atoms with E-state index in [2.05, 4.69) is 0 Å². The normalized spacial score (nSPS) is 64.5. The van der Waals surface area contributed by atoms with Crippen LogP contribution in [0.1, 0.15) is 0 Å². The molecule has 4 nitrogen and oxygen atoms in total. The van der Waals surface area contributed by atoms with Crippen LogP contribution in [0.25, 0.3) is 0 Å². The van der Waals surface area contributed by atoms with Gasteiger partial charge in [0.1, 0.15) is 18.3 Å². The maximum atomic E-state index is 11.3. The number of esters is 1. The van der Waals surface area contributed by atoms with Gasteiger partial charge in [-0.1, -0.05) is 0 Å². The number of ether oxygens (including phenoxy) is 3. The molecule has 4 heteroatoms. The van der Waals surface area contributed by atoms with Crippen LogP contribution in [0.3, 0.4) is 0 Å². The molecule has 4 aliphatic rings. The summed E-state index contributed by atoms with van der Waals surface area (Å²) in [6.45, 7) is 0.539. The van der Waals surface area contributed by atoms with Crippen molar-refractivity contribution in [3.05, 3.63) is 0 Å². The first kappa shape index (κ1) is 5.94. The summed E-state index contributed by atoms with van der Waals surface area (Å²) < 4.78 is 16.0. The van der Waals surface area contributed by atoms with E-state index in [-0.39, 0.29) is 42.2 Å². The molecular formula is C8H8O4. The summed E-state index contributed by atoms with van der Waals surface area (Å²) in [5.74, 6) is 0.187. The molecule has 0 aromatic carbocycles. The fourth-order valence-corrected chi connectivity index (χ4v) is 2.86. The number of rotatable bonds is 0. The summed E-state index contributed by atoms with van der Waals surface area (Å²) in [6.07, 6.45) is 0.657. The number of hydrogen-bond donors (Lipinski definition) is 0. The highest BCUT2D eigenvalue weighted by molar-refractivity contribution is 5.77. The van der Waals surface area contributed by atoms with Gasteiger partial charge in [0.15, 0.2) is 0 Å². The Kier molecular flexibility index (Phi) is 0.762. The van der Waals surface area contributed by atoms with Crippen molar-refractivity contribution >= 4 is 5.97 Å². The second kappa shape index (κ2) is 1.54. The minimum absolute atomic E-state index is 0.0139. The minimum Gasteiger partial charge on any atom is -0.465 e. The monoisotopic (exact) mass is 168 g/mol. The SMILES string of the molecule is O=C1OC[C@@H]2[C@H]3O[C@@H]([C@@H]4O[C@@H]43)[C@@H]12. The smallest absolute Gasteiger partial charge is 0.312 e. The van der Waals surface area contributed by atoms with Gasteiger partial charge in [-0.3, -0.25) is 4.79 Å². The Morgan fingerprint density at radius 1 is 1.08 bits per heavy atom. The Labute approximate surface area is 68.8 Å². The van der Waals surface area contributed by atoms with Gasteiger partial charge in [-0.2, -0.15) is 0 Å². The van der Waals surface area contributed by atoms with Gasteiger partial charge in [0.05, 0.1) is 18.6 Å². The first-order valence-electron chi connectivity index (χ1n) is 4.34. The summed E-state index contributed by atoms with van der Waals surface area (Å²) in [5, 5.41) is 0. The van der Waals surface area contributed by atoms with E-state index in [1.165, 1.54) is 0 Å². The second-order valence-electron chi connectivity index (χ2n) is 3.95. The molecule has 0 saturated carbocycles. The minimum atomic E-state index is -0.0820. The fraction of sp³-hybridized carbons (Fsp3) is 0.875. The quantitative estimate of drug-likeness (QED) is 0.355. The van der Waals surface area contributed by atoms with Gasteiger partial charge < -0.3 is 14.2 Å². The van der Waals surface area contributed by atoms with E-state index >= 15 is 0 Å². The Bertz CT molecular complexity index is 274. The molecule has 0 amide bonds. The lowest BCUT2D eigenvalue weighted by molar-refractivity contribution is -0.145. The number of carbonyl (C=O) groups is 1. The average Bonchev–Trinajstić information content (AvgIpc) is 2.50. The predicted molar refractivity (Wildman–Crippen MR) is 35.3 cm³/mol. The van der Waals surface area contributed by atoms with Crippen molar-refractivity contribution in [3.8, 4) is 0 Å². The van der Waals surface area contributed by atoms with Crippen molar-refractivity contribution in [2.75, 3.05) is 6.61 Å². The van der Waals surface area contributed by atoms with Gasteiger partial charge in [0.2, 0.25) is 0 Å². The molecule has 0 radical (unpaired) electrons. The molecule has 0 aliphatic carbocycles. The number of fused-ring (bicyclic) bond motifs is 8. The molecule has 2 bridgehead atoms. The number of carbonyl (C=O) groups excluding carboxylic acids is 1. The highest BCUT2D eigenvalue weighted by Gasteiger charge is 2.72. The second-order valence-corrected chi connectivity index (χ2v) is 3.95. The molecule has 0 N–H and O–H groups in total. The predicted octanol–water partition coefficient (Wildman–Crippen LogP) is -0.676. The van der Waals surface area contributed by atoms with E-state index in [9.17, 15) is 4.79 Å². The third-order valence-corrected chi connectivity index (χ3v) is 3.45. The third kappa shape index (κ3) is 0.448. The van der Waals surface area contributed by atoms with Crippen molar-refractivity contribution in [3.63, 3.8) is 0 Å². The van der Waals surface area contributed by atoms with E-state index in [0.29, 0.717) is 6.61 Å². The number of hydrogen-bond acceptors (Lipinski definition) is 4. The first-order chi connectivity index (χ1) is 5.86. The van der Waals surface area contributed by atoms with Crippen LogP contribution in [-0.2, 0) is 19.0 Å². The number of epoxide rings is 1. The van der Waals surface area contributed by atoms with Gasteiger partial charge in [-0.15, -0.1) is 0 Å². The zero-order valence-electron chi connectivity index (χ0n) is 6.30. The molecule has 4 fully saturated rings. The van der Waals surface area contributed by atoms with Crippen LogP contribution in [0.5, 0.6) is 0 Å². The third-order valence-electron chi connectivity index (χ3n) is 3.45. The standard InChI is InChI=1S/C8H8O4/c9-8-3-2(1-10-8)4-6-7(12-6)5(3)11-4/h2-7H,1H2/t2-,3-,4+,5+,6+,7-/m0/s1. The van der Waals surface area contributed by atoms with Crippen LogP contribution >= 0.6 is 0 Å². The maximum Gasteiger partial charge on any atom is 0.312 e. The van der Waals surface area contributed by atoms with Crippen LogP contribution in [0.2, 0.25) is 0 Å². The molecule has 4 aliphatic heterocycles. The summed E-state index contributed by atoms with van der Waals surface area (Å²) in [4.78, 5) is 11.3. The molecule has 0 unspecified atom stereocenters. The molecule has 0 spiro atoms. The van der Waals surface area contributed by atoms with E-state index in [1.807, 2.05) is 0 Å². The Hall–Kier alpha value is -0.610. The van der Waals surface area contributed by atoms with Gasteiger partial charge in [-0.05, 0) is 0 Å². The van der Waals surface area contributed by atoms with E-state index < -0.39 is 0 Å². The molecule has 0 aromatic heterocycles. The Morgan fingerprint density at radius 3 is 2.75 bits per heavy atom. The fourth-order valence-electron chi connectivity index (χ4n) is 2.86. The first-order valence-corrected chi connectivity index (χ1v) is 4.34. The highest BCUT2D eigenvalue weighted by atomic mass is 16.7. The zero-order chi connectivity index (χ0) is 7.87. The highest BCUT2D eigenvalue weighted by Crippen LogP contribution is 2.55. The lowest BCUT2D eigenvalue weighted by Crippen LogP contribution is -2.33. The molecule has 4 rings (SSSR count). The molecule has 64 valence electrons. The van der Waals surface area contributed by atoms with Crippen molar-refractivity contribution < 1.29 is 19.0 Å². The van der Waals surface area contributed by atoms with E-state index in [1.54, 1.807) is 0 Å². The Balaban J connectivity index is 1.80. The van der Waals surface area contributed by atoms with Crippen LogP contribution in [0, 0.1) is 11.8 Å². The molecule has 4 heterocycles. The van der Waals surface area contributed by atoms with E-state index in [0.717, 1.165) is 0 Å². The van der Waals surface area contributed by atoms with Crippen LogP contribution < -0.4 is 0 Å². The van der Waals surface area contributed by atoms with Crippen molar-refractivity contribution in [1.82, 2.24) is 0 Å². The molecule has 4 saturated heterocycles. The zero-order valence-corrected chi connectivity index (χ0v) is 6.30. The van der Waals surface area contributed by atoms with Crippen molar-refractivity contribution in [2.45, 2.75) is 24.4 Å². The summed E-state index contributed by atoms with van der Waals surface area (Å²) >= 11 is 0. The molecule has 12 heavy (non-hydrogen) atoms. The van der Waals surface area contributed by atoms with Gasteiger partial charge in [-0.25, -0.2) is 0 Å². The van der Waals surface area contributed by atoms with E-state index in [4.69, 9.17) is 14.2 Å². The summed E-state index contributed by atoms with van der Waals surface area (Å²) in [7, 11) is 0. The summed E-state index contributed by atoms with van der Waals surface area (Å²) in [5.41, 5.74) is 0. The Morgan fingerprint density at radius 2 is 1.83 bits per heavy atom. The lowest BCUT2D eigenvalue weighted by Gasteiger charge is -2.11. The van der Waals surface area contributed by atoms with Crippen LogP contribution in [0.15, 0.2) is 0 Å². The number of cyclic esters (lactones) is 1. The maximum absolute atomic E-state index is 11.3. The van der Waals surface area contributed by atoms with Crippen LogP contribution in [0.4, 0.5) is 0 Å². The van der Waals surface area contributed by atoms with Gasteiger partial charge in [0.25, 0.3) is 0 Å². The molecule has 6 atom stereocenters. The molecule has 0 aromatic rings. The van der Waals surface area contributed by atoms with Gasteiger partial charge >= 0.3 is 5.97 Å². The summed E-state index contributed by atoms with van der Waals surface area (Å²) in [6, 6.07) is 0. The van der Waals surface area contributed by atoms with Crippen molar-refractivity contribution in [2.24, 2.45) is 11.8 Å². The van der Waals surface area contributed by atoms with Crippen molar-refractivity contribution in [1.29, 1.82) is 0 Å².